The maximum atomic E-state index is 8.51. The Bertz CT molecular complexity index is 204. The molecule has 0 atom stereocenters. The van der Waals surface area contributed by atoms with Gasteiger partial charge in [0.2, 0.25) is 0 Å². The summed E-state index contributed by atoms with van der Waals surface area (Å²) in [5, 5.41) is 11.9. The summed E-state index contributed by atoms with van der Waals surface area (Å²) >= 11 is 0. The molecule has 0 aromatic heterocycles. The van der Waals surface area contributed by atoms with E-state index < -0.39 is 0 Å². The van der Waals surface area contributed by atoms with E-state index in [2.05, 4.69) is 23.2 Å². The van der Waals surface area contributed by atoms with Crippen LogP contribution < -0.4 is 5.32 Å². The predicted molar refractivity (Wildman–Crippen MR) is 67.2 cm³/mol. The van der Waals surface area contributed by atoms with Crippen LogP contribution in [-0.2, 0) is 0 Å². The molecule has 3 nitrogen and oxygen atoms in total. The molecule has 0 radical (unpaired) electrons. The summed E-state index contributed by atoms with van der Waals surface area (Å²) in [5.74, 6) is 0. The second kappa shape index (κ2) is 8.55. The summed E-state index contributed by atoms with van der Waals surface area (Å²) in [6.45, 7) is 6.99. The molecule has 16 heavy (non-hydrogen) atoms. The first-order valence-corrected chi connectivity index (χ1v) is 6.70. The van der Waals surface area contributed by atoms with Gasteiger partial charge in [0.25, 0.3) is 0 Å². The van der Waals surface area contributed by atoms with Crippen molar-refractivity contribution in [2.75, 3.05) is 26.2 Å². The minimum atomic E-state index is 0.714. The Kier molecular flexibility index (Phi) is 7.20. The van der Waals surface area contributed by atoms with Gasteiger partial charge in [-0.2, -0.15) is 5.26 Å². The third-order valence-corrected chi connectivity index (χ3v) is 3.32. The molecule has 0 aromatic carbocycles. The monoisotopic (exact) mass is 223 g/mol. The summed E-state index contributed by atoms with van der Waals surface area (Å²) in [6.07, 6.45) is 6.77. The van der Waals surface area contributed by atoms with Crippen LogP contribution in [0.25, 0.3) is 0 Å². The normalized spacial score (nSPS) is 17.6. The smallest absolute Gasteiger partial charge is 0.0621 e. The van der Waals surface area contributed by atoms with E-state index in [9.17, 15) is 0 Å². The standard InChI is InChI=1S/C13H25N3/c1-2-11-16(12-5-3-4-8-14)13-6-9-15-10-7-13/h13,15H,2-7,9-12H2,1H3. The lowest BCUT2D eigenvalue weighted by Gasteiger charge is -2.34. The Morgan fingerprint density at radius 2 is 2.00 bits per heavy atom. The Labute approximate surface area is 99.8 Å². The lowest BCUT2D eigenvalue weighted by Crippen LogP contribution is -2.43. The molecule has 0 aliphatic carbocycles. The van der Waals surface area contributed by atoms with Crippen LogP contribution in [0.15, 0.2) is 0 Å². The van der Waals surface area contributed by atoms with Gasteiger partial charge in [-0.1, -0.05) is 6.92 Å². The molecule has 1 aliphatic heterocycles. The zero-order valence-corrected chi connectivity index (χ0v) is 10.5. The number of hydrogen-bond acceptors (Lipinski definition) is 3. The van der Waals surface area contributed by atoms with Crippen molar-refractivity contribution in [1.29, 1.82) is 5.26 Å². The maximum Gasteiger partial charge on any atom is 0.0621 e. The first-order valence-electron chi connectivity index (χ1n) is 6.70. The van der Waals surface area contributed by atoms with Crippen LogP contribution in [0.3, 0.4) is 0 Å². The fraction of sp³-hybridized carbons (Fsp3) is 0.923. The van der Waals surface area contributed by atoms with Crippen LogP contribution in [0.1, 0.15) is 45.4 Å². The number of nitrogens with zero attached hydrogens (tertiary/aromatic N) is 2. The SMILES string of the molecule is CCCN(CCCCC#N)C1CCNCC1. The molecule has 1 rings (SSSR count). The molecule has 92 valence electrons. The second-order valence-electron chi connectivity index (χ2n) is 4.63. The van der Waals surface area contributed by atoms with Crippen molar-refractivity contribution in [1.82, 2.24) is 10.2 Å². The third-order valence-electron chi connectivity index (χ3n) is 3.32. The van der Waals surface area contributed by atoms with Gasteiger partial charge < -0.3 is 10.2 Å². The summed E-state index contributed by atoms with van der Waals surface area (Å²) in [4.78, 5) is 2.64. The maximum absolute atomic E-state index is 8.51. The quantitative estimate of drug-likeness (QED) is 0.672. The molecule has 1 saturated heterocycles. The summed E-state index contributed by atoms with van der Waals surface area (Å²) in [7, 11) is 0. The first kappa shape index (κ1) is 13.5. The number of unbranched alkanes of at least 4 members (excludes halogenated alkanes) is 2. The topological polar surface area (TPSA) is 39.1 Å². The van der Waals surface area contributed by atoms with E-state index >= 15 is 0 Å². The van der Waals surface area contributed by atoms with Crippen LogP contribution in [0.2, 0.25) is 0 Å². The summed E-state index contributed by atoms with van der Waals surface area (Å²) in [6, 6.07) is 3.01. The Hall–Kier alpha value is -0.590. The molecule has 1 heterocycles. The van der Waals surface area contributed by atoms with Gasteiger partial charge in [-0.25, -0.2) is 0 Å². The number of hydrogen-bond donors (Lipinski definition) is 1. The number of piperidine rings is 1. The minimum Gasteiger partial charge on any atom is -0.317 e. The van der Waals surface area contributed by atoms with Gasteiger partial charge in [-0.05, 0) is 58.3 Å². The van der Waals surface area contributed by atoms with Crippen LogP contribution in [0.4, 0.5) is 0 Å². The highest BCUT2D eigenvalue weighted by atomic mass is 15.2. The molecule has 0 spiro atoms. The molecule has 3 heteroatoms. The van der Waals surface area contributed by atoms with Gasteiger partial charge in [-0.3, -0.25) is 0 Å². The fourth-order valence-corrected chi connectivity index (χ4v) is 2.45. The van der Waals surface area contributed by atoms with E-state index in [4.69, 9.17) is 5.26 Å². The van der Waals surface area contributed by atoms with E-state index in [0.717, 1.165) is 12.5 Å². The van der Waals surface area contributed by atoms with E-state index in [0.29, 0.717) is 6.42 Å². The highest BCUT2D eigenvalue weighted by molar-refractivity contribution is 4.78. The highest BCUT2D eigenvalue weighted by Crippen LogP contribution is 2.13. The molecule has 0 bridgehead atoms. The lowest BCUT2D eigenvalue weighted by atomic mass is 10.0. The van der Waals surface area contributed by atoms with Crippen molar-refractivity contribution in [3.8, 4) is 6.07 Å². The minimum absolute atomic E-state index is 0.714. The van der Waals surface area contributed by atoms with Gasteiger partial charge in [0, 0.05) is 12.5 Å². The molecule has 0 aromatic rings. The molecule has 0 amide bonds. The van der Waals surface area contributed by atoms with E-state index in [1.807, 2.05) is 0 Å². The number of nitrogens with one attached hydrogen (secondary N) is 1. The molecule has 1 aliphatic rings. The van der Waals surface area contributed by atoms with Crippen molar-refractivity contribution in [3.63, 3.8) is 0 Å². The van der Waals surface area contributed by atoms with E-state index in [-0.39, 0.29) is 0 Å². The van der Waals surface area contributed by atoms with E-state index in [1.165, 1.54) is 51.9 Å². The van der Waals surface area contributed by atoms with Crippen LogP contribution in [0.5, 0.6) is 0 Å². The van der Waals surface area contributed by atoms with Gasteiger partial charge in [-0.15, -0.1) is 0 Å². The largest absolute Gasteiger partial charge is 0.317 e. The number of nitriles is 1. The second-order valence-corrected chi connectivity index (χ2v) is 4.63. The highest BCUT2D eigenvalue weighted by Gasteiger charge is 2.19. The molecular weight excluding hydrogens is 198 g/mol. The van der Waals surface area contributed by atoms with Crippen molar-refractivity contribution in [3.05, 3.63) is 0 Å². The van der Waals surface area contributed by atoms with Crippen molar-refractivity contribution < 1.29 is 0 Å². The Balaban J connectivity index is 2.25. The fourth-order valence-electron chi connectivity index (χ4n) is 2.45. The zero-order chi connectivity index (χ0) is 11.6. The summed E-state index contributed by atoms with van der Waals surface area (Å²) in [5.41, 5.74) is 0. The first-order chi connectivity index (χ1) is 7.88. The van der Waals surface area contributed by atoms with Gasteiger partial charge in [0.05, 0.1) is 6.07 Å². The van der Waals surface area contributed by atoms with Gasteiger partial charge >= 0.3 is 0 Å². The van der Waals surface area contributed by atoms with Gasteiger partial charge in [0.1, 0.15) is 0 Å². The zero-order valence-electron chi connectivity index (χ0n) is 10.5. The Morgan fingerprint density at radius 3 is 2.62 bits per heavy atom. The molecule has 1 N–H and O–H groups in total. The third kappa shape index (κ3) is 4.96. The lowest BCUT2D eigenvalue weighted by molar-refractivity contribution is 0.159. The Morgan fingerprint density at radius 1 is 1.25 bits per heavy atom. The molecule has 1 fully saturated rings. The average molecular weight is 223 g/mol. The van der Waals surface area contributed by atoms with Crippen LogP contribution >= 0.6 is 0 Å². The van der Waals surface area contributed by atoms with Crippen molar-refractivity contribution in [2.45, 2.75) is 51.5 Å². The molecular formula is C13H25N3. The predicted octanol–water partition coefficient (Wildman–Crippen LogP) is 2.14. The van der Waals surface area contributed by atoms with Gasteiger partial charge in [0.15, 0.2) is 0 Å². The van der Waals surface area contributed by atoms with Crippen molar-refractivity contribution >= 4 is 0 Å². The average Bonchev–Trinajstić information content (AvgIpc) is 2.34. The number of rotatable bonds is 7. The van der Waals surface area contributed by atoms with Crippen molar-refractivity contribution in [2.24, 2.45) is 0 Å². The molecule has 0 saturated carbocycles. The van der Waals surface area contributed by atoms with E-state index in [1.54, 1.807) is 0 Å². The summed E-state index contributed by atoms with van der Waals surface area (Å²) < 4.78 is 0. The van der Waals surface area contributed by atoms with Crippen LogP contribution in [-0.4, -0.2) is 37.1 Å². The molecule has 0 unspecified atom stereocenters. The van der Waals surface area contributed by atoms with Crippen LogP contribution in [0, 0.1) is 11.3 Å².